The lowest BCUT2D eigenvalue weighted by Crippen LogP contribution is -2.36. The first kappa shape index (κ1) is 20.9. The van der Waals surface area contributed by atoms with E-state index in [4.69, 9.17) is 0 Å². The predicted molar refractivity (Wildman–Crippen MR) is 120 cm³/mol. The third kappa shape index (κ3) is 4.52. The summed E-state index contributed by atoms with van der Waals surface area (Å²) in [6.45, 7) is 2.84. The lowest BCUT2D eigenvalue weighted by molar-refractivity contribution is 0.102. The van der Waals surface area contributed by atoms with Crippen molar-refractivity contribution in [3.05, 3.63) is 54.1 Å². The molecule has 2 aromatic rings. The lowest BCUT2D eigenvalue weighted by Gasteiger charge is -2.31. The number of anilines is 2. The molecule has 2 saturated heterocycles. The van der Waals surface area contributed by atoms with Gasteiger partial charge in [-0.05, 0) is 62.4 Å². The second-order valence-electron chi connectivity index (χ2n) is 8.01. The van der Waals surface area contributed by atoms with Gasteiger partial charge >= 0.3 is 0 Å². The summed E-state index contributed by atoms with van der Waals surface area (Å²) in [6.07, 6.45) is 6.16. The number of nitrogens with zero attached hydrogens (tertiary/aromatic N) is 2. The summed E-state index contributed by atoms with van der Waals surface area (Å²) in [7, 11) is -3.60. The van der Waals surface area contributed by atoms with Gasteiger partial charge in [0.25, 0.3) is 5.91 Å². The van der Waals surface area contributed by atoms with Crippen LogP contribution in [-0.2, 0) is 10.0 Å². The van der Waals surface area contributed by atoms with Gasteiger partial charge in [0, 0.05) is 37.6 Å². The fourth-order valence-electron chi connectivity index (χ4n) is 4.24. The van der Waals surface area contributed by atoms with Gasteiger partial charge in [-0.2, -0.15) is 4.31 Å². The molecule has 0 spiro atoms. The van der Waals surface area contributed by atoms with Crippen LogP contribution in [0.25, 0.3) is 0 Å². The van der Waals surface area contributed by atoms with Crippen LogP contribution in [0.1, 0.15) is 48.9 Å². The van der Waals surface area contributed by atoms with E-state index >= 15 is 0 Å². The molecule has 0 bridgehead atoms. The van der Waals surface area contributed by atoms with Gasteiger partial charge in [-0.25, -0.2) is 8.42 Å². The van der Waals surface area contributed by atoms with E-state index < -0.39 is 10.0 Å². The van der Waals surface area contributed by atoms with Gasteiger partial charge in [-0.15, -0.1) is 0 Å². The van der Waals surface area contributed by atoms with Crippen molar-refractivity contribution in [1.29, 1.82) is 0 Å². The van der Waals surface area contributed by atoms with Gasteiger partial charge in [0.15, 0.2) is 0 Å². The standard InChI is InChI=1S/C23H29N3O3S/c27-23(24-19-10-4-1-5-11-19)21-18-20(30(28,29)26-16-8-3-9-17-26)12-13-22(21)25-14-6-2-7-15-25/h1,4-5,10-13,18H,2-3,6-9,14-17H2,(H,24,27). The Kier molecular flexibility index (Phi) is 6.39. The molecular formula is C23H29N3O3S. The van der Waals surface area contributed by atoms with Gasteiger partial charge in [0.05, 0.1) is 10.5 Å². The highest BCUT2D eigenvalue weighted by Gasteiger charge is 2.28. The van der Waals surface area contributed by atoms with E-state index in [1.54, 1.807) is 16.4 Å². The number of piperidine rings is 2. The Morgan fingerprint density at radius 2 is 1.43 bits per heavy atom. The molecule has 0 atom stereocenters. The van der Waals surface area contributed by atoms with E-state index in [-0.39, 0.29) is 10.8 Å². The second-order valence-corrected chi connectivity index (χ2v) is 9.95. The Hall–Kier alpha value is -2.38. The van der Waals surface area contributed by atoms with E-state index in [1.807, 2.05) is 36.4 Å². The third-order valence-electron chi connectivity index (χ3n) is 5.89. The minimum atomic E-state index is -3.60. The molecule has 2 aromatic carbocycles. The zero-order valence-electron chi connectivity index (χ0n) is 17.2. The molecule has 0 radical (unpaired) electrons. The maximum atomic E-state index is 13.2. The maximum absolute atomic E-state index is 13.2. The summed E-state index contributed by atoms with van der Waals surface area (Å²) in [5.74, 6) is -0.280. The van der Waals surface area contributed by atoms with Gasteiger partial charge in [-0.1, -0.05) is 24.6 Å². The van der Waals surface area contributed by atoms with Crippen molar-refractivity contribution in [3.8, 4) is 0 Å². The van der Waals surface area contributed by atoms with Crippen molar-refractivity contribution in [1.82, 2.24) is 4.31 Å². The van der Waals surface area contributed by atoms with Crippen LogP contribution in [0.3, 0.4) is 0 Å². The Morgan fingerprint density at radius 3 is 2.10 bits per heavy atom. The van der Waals surface area contributed by atoms with E-state index in [0.717, 1.165) is 50.9 Å². The van der Waals surface area contributed by atoms with Crippen molar-refractivity contribution in [2.24, 2.45) is 0 Å². The summed E-state index contributed by atoms with van der Waals surface area (Å²) in [4.78, 5) is 15.6. The zero-order chi connectivity index (χ0) is 21.0. The van der Waals surface area contributed by atoms with Crippen LogP contribution >= 0.6 is 0 Å². The number of amides is 1. The summed E-state index contributed by atoms with van der Waals surface area (Å²) in [6, 6.07) is 14.3. The van der Waals surface area contributed by atoms with Crippen molar-refractivity contribution < 1.29 is 13.2 Å². The predicted octanol–water partition coefficient (Wildman–Crippen LogP) is 4.10. The van der Waals surface area contributed by atoms with Gasteiger partial charge in [0.2, 0.25) is 10.0 Å². The van der Waals surface area contributed by atoms with E-state index in [1.165, 1.54) is 6.42 Å². The molecule has 6 nitrogen and oxygen atoms in total. The smallest absolute Gasteiger partial charge is 0.257 e. The SMILES string of the molecule is O=C(Nc1ccccc1)c1cc(S(=O)(=O)N2CCCCC2)ccc1N1CCCCC1. The number of rotatable bonds is 5. The Labute approximate surface area is 178 Å². The minimum absolute atomic E-state index is 0.198. The van der Waals surface area contributed by atoms with Crippen molar-refractivity contribution >= 4 is 27.3 Å². The first-order valence-electron chi connectivity index (χ1n) is 10.8. The van der Waals surface area contributed by atoms with Crippen LogP contribution in [0.4, 0.5) is 11.4 Å². The lowest BCUT2D eigenvalue weighted by atomic mass is 10.1. The molecule has 7 heteroatoms. The monoisotopic (exact) mass is 427 g/mol. The Bertz CT molecular complexity index is 980. The van der Waals surface area contributed by atoms with Crippen molar-refractivity contribution in [3.63, 3.8) is 0 Å². The number of sulfonamides is 1. The molecule has 1 amide bonds. The van der Waals surface area contributed by atoms with Gasteiger partial charge in [-0.3, -0.25) is 4.79 Å². The first-order valence-corrected chi connectivity index (χ1v) is 12.3. The highest BCUT2D eigenvalue weighted by Crippen LogP contribution is 2.30. The number of hydrogen-bond acceptors (Lipinski definition) is 4. The van der Waals surface area contributed by atoms with Crippen LogP contribution in [0.5, 0.6) is 0 Å². The molecule has 4 rings (SSSR count). The Morgan fingerprint density at radius 1 is 0.800 bits per heavy atom. The second kappa shape index (κ2) is 9.18. The van der Waals surface area contributed by atoms with E-state index in [0.29, 0.717) is 24.3 Å². The molecule has 2 heterocycles. The molecule has 2 aliphatic rings. The summed E-state index contributed by atoms with van der Waals surface area (Å²) in [5, 5.41) is 2.92. The normalized spacial score (nSPS) is 18.2. The molecule has 0 aliphatic carbocycles. The molecule has 0 unspecified atom stereocenters. The van der Waals surface area contributed by atoms with E-state index in [2.05, 4.69) is 10.2 Å². The number of nitrogens with one attached hydrogen (secondary N) is 1. The molecular weight excluding hydrogens is 398 g/mol. The number of carbonyl (C=O) groups excluding carboxylic acids is 1. The first-order chi connectivity index (χ1) is 14.6. The highest BCUT2D eigenvalue weighted by atomic mass is 32.2. The molecule has 30 heavy (non-hydrogen) atoms. The highest BCUT2D eigenvalue weighted by molar-refractivity contribution is 7.89. The van der Waals surface area contributed by atoms with Crippen molar-refractivity contribution in [2.45, 2.75) is 43.4 Å². The number of hydrogen-bond donors (Lipinski definition) is 1. The average Bonchev–Trinajstić information content (AvgIpc) is 2.80. The van der Waals surface area contributed by atoms with Crippen LogP contribution < -0.4 is 10.2 Å². The summed E-state index contributed by atoms with van der Waals surface area (Å²) >= 11 is 0. The largest absolute Gasteiger partial charge is 0.371 e. The van der Waals surface area contributed by atoms with Crippen LogP contribution in [0, 0.1) is 0 Å². The topological polar surface area (TPSA) is 69.7 Å². The molecule has 1 N–H and O–H groups in total. The Balaban J connectivity index is 1.70. The number of benzene rings is 2. The summed E-state index contributed by atoms with van der Waals surface area (Å²) < 4.78 is 27.9. The van der Waals surface area contributed by atoms with Crippen molar-refractivity contribution in [2.75, 3.05) is 36.4 Å². The maximum Gasteiger partial charge on any atom is 0.257 e. The van der Waals surface area contributed by atoms with Gasteiger partial charge < -0.3 is 10.2 Å². The third-order valence-corrected chi connectivity index (χ3v) is 7.79. The van der Waals surface area contributed by atoms with Crippen LogP contribution in [0.2, 0.25) is 0 Å². The minimum Gasteiger partial charge on any atom is -0.371 e. The fourth-order valence-corrected chi connectivity index (χ4v) is 5.79. The van der Waals surface area contributed by atoms with Gasteiger partial charge in [0.1, 0.15) is 0 Å². The number of carbonyl (C=O) groups is 1. The molecule has 160 valence electrons. The van der Waals surface area contributed by atoms with Crippen LogP contribution in [-0.4, -0.2) is 44.8 Å². The summed E-state index contributed by atoms with van der Waals surface area (Å²) in [5.41, 5.74) is 1.91. The molecule has 2 fully saturated rings. The average molecular weight is 428 g/mol. The quantitative estimate of drug-likeness (QED) is 0.780. The number of para-hydroxylation sites is 1. The van der Waals surface area contributed by atoms with Crippen LogP contribution in [0.15, 0.2) is 53.4 Å². The molecule has 2 aliphatic heterocycles. The molecule has 0 aromatic heterocycles. The van der Waals surface area contributed by atoms with E-state index in [9.17, 15) is 13.2 Å². The zero-order valence-corrected chi connectivity index (χ0v) is 18.0. The fraction of sp³-hybridized carbons (Fsp3) is 0.435. The molecule has 0 saturated carbocycles.